The van der Waals surface area contributed by atoms with Crippen LogP contribution in [0.2, 0.25) is 0 Å². The molecule has 2 fully saturated rings. The van der Waals surface area contributed by atoms with Crippen LogP contribution in [0.3, 0.4) is 0 Å². The standard InChI is InChI=1S/C16H22N2O6S/c1-10-5-7-11(8-6-10)25(19,20)18-17-9-12-13(21-4)14-15(22-12)24-16(2,3)23-14/h5-9,12-15,18H,1-4H3/b17-9+/t12-,13-,14-,15-/m0/s1. The molecule has 1 aromatic rings. The normalized spacial score (nSPS) is 31.4. The van der Waals surface area contributed by atoms with Gasteiger partial charge in [0, 0.05) is 7.11 Å². The second kappa shape index (κ2) is 6.65. The van der Waals surface area contributed by atoms with Gasteiger partial charge in [-0.15, -0.1) is 0 Å². The second-order valence-corrected chi connectivity index (χ2v) is 8.12. The number of hydrogen-bond donors (Lipinski definition) is 1. The maximum atomic E-state index is 12.2. The lowest BCUT2D eigenvalue weighted by Gasteiger charge is -2.23. The summed E-state index contributed by atoms with van der Waals surface area (Å²) in [6.45, 7) is 5.47. The molecule has 25 heavy (non-hydrogen) atoms. The summed E-state index contributed by atoms with van der Waals surface area (Å²) in [4.78, 5) is 2.31. The number of ether oxygens (including phenoxy) is 4. The van der Waals surface area contributed by atoms with Crippen LogP contribution < -0.4 is 4.83 Å². The fourth-order valence-electron chi connectivity index (χ4n) is 2.84. The summed E-state index contributed by atoms with van der Waals surface area (Å²) in [7, 11) is -2.21. The van der Waals surface area contributed by atoms with E-state index in [0.717, 1.165) is 5.56 Å². The molecule has 8 nitrogen and oxygen atoms in total. The third-order valence-corrected chi connectivity index (χ3v) is 5.26. The van der Waals surface area contributed by atoms with E-state index in [0.29, 0.717) is 0 Å². The molecule has 0 amide bonds. The summed E-state index contributed by atoms with van der Waals surface area (Å²) in [5.74, 6) is -0.749. The van der Waals surface area contributed by atoms with Crippen LogP contribution in [-0.4, -0.2) is 52.1 Å². The van der Waals surface area contributed by atoms with Crippen molar-refractivity contribution in [2.75, 3.05) is 7.11 Å². The Bertz CT molecular complexity index is 746. The predicted octanol–water partition coefficient (Wildman–Crippen LogP) is 1.15. The van der Waals surface area contributed by atoms with Crippen LogP contribution in [-0.2, 0) is 29.0 Å². The van der Waals surface area contributed by atoms with Crippen LogP contribution in [0, 0.1) is 6.92 Å². The number of sulfonamides is 1. The highest BCUT2D eigenvalue weighted by Crippen LogP contribution is 2.37. The van der Waals surface area contributed by atoms with Gasteiger partial charge in [0.05, 0.1) is 11.1 Å². The van der Waals surface area contributed by atoms with Crippen LogP contribution >= 0.6 is 0 Å². The van der Waals surface area contributed by atoms with Crippen LogP contribution in [0.5, 0.6) is 0 Å². The van der Waals surface area contributed by atoms with Gasteiger partial charge in [0.1, 0.15) is 18.3 Å². The van der Waals surface area contributed by atoms with Gasteiger partial charge in [-0.2, -0.15) is 13.5 Å². The Morgan fingerprint density at radius 3 is 2.56 bits per heavy atom. The molecule has 0 aliphatic carbocycles. The summed E-state index contributed by atoms with van der Waals surface area (Å²) in [6, 6.07) is 6.48. The third kappa shape index (κ3) is 3.85. The minimum Gasteiger partial charge on any atom is -0.375 e. The lowest BCUT2D eigenvalue weighted by molar-refractivity contribution is -0.207. The lowest BCUT2D eigenvalue weighted by atomic mass is 10.1. The molecular weight excluding hydrogens is 348 g/mol. The smallest absolute Gasteiger partial charge is 0.276 e. The fourth-order valence-corrected chi connectivity index (χ4v) is 3.64. The fraction of sp³-hybridized carbons (Fsp3) is 0.562. The van der Waals surface area contributed by atoms with E-state index < -0.39 is 40.4 Å². The number of nitrogens with zero attached hydrogens (tertiary/aromatic N) is 1. The molecule has 3 rings (SSSR count). The van der Waals surface area contributed by atoms with Crippen molar-refractivity contribution >= 4 is 16.2 Å². The first kappa shape index (κ1) is 18.3. The van der Waals surface area contributed by atoms with Gasteiger partial charge in [0.15, 0.2) is 12.1 Å². The summed E-state index contributed by atoms with van der Waals surface area (Å²) in [5, 5.41) is 3.81. The molecule has 2 aliphatic rings. The average molecular weight is 370 g/mol. The maximum Gasteiger partial charge on any atom is 0.276 e. The minimum absolute atomic E-state index is 0.135. The molecule has 1 aromatic carbocycles. The highest BCUT2D eigenvalue weighted by atomic mass is 32.2. The predicted molar refractivity (Wildman–Crippen MR) is 89.5 cm³/mol. The molecule has 0 unspecified atom stereocenters. The van der Waals surface area contributed by atoms with Crippen LogP contribution in [0.15, 0.2) is 34.3 Å². The molecule has 0 spiro atoms. The largest absolute Gasteiger partial charge is 0.375 e. The zero-order valence-electron chi connectivity index (χ0n) is 14.5. The summed E-state index contributed by atoms with van der Waals surface area (Å²) < 4.78 is 46.9. The minimum atomic E-state index is -3.74. The topological polar surface area (TPSA) is 95.4 Å². The Morgan fingerprint density at radius 1 is 1.24 bits per heavy atom. The van der Waals surface area contributed by atoms with E-state index in [1.807, 2.05) is 6.92 Å². The Balaban J connectivity index is 1.65. The Morgan fingerprint density at radius 2 is 1.92 bits per heavy atom. The van der Waals surface area contributed by atoms with Crippen molar-refractivity contribution in [2.45, 2.75) is 56.1 Å². The van der Waals surface area contributed by atoms with Gasteiger partial charge in [0.2, 0.25) is 0 Å². The van der Waals surface area contributed by atoms with Crippen LogP contribution in [0.4, 0.5) is 0 Å². The quantitative estimate of drug-likeness (QED) is 0.617. The van der Waals surface area contributed by atoms with Gasteiger partial charge in [-0.05, 0) is 32.9 Å². The molecule has 138 valence electrons. The first-order chi connectivity index (χ1) is 11.7. The van der Waals surface area contributed by atoms with Crippen molar-refractivity contribution in [2.24, 2.45) is 5.10 Å². The van der Waals surface area contributed by atoms with Crippen molar-refractivity contribution in [3.05, 3.63) is 29.8 Å². The molecule has 2 heterocycles. The number of methoxy groups -OCH3 is 1. The van der Waals surface area contributed by atoms with Gasteiger partial charge >= 0.3 is 0 Å². The SMILES string of the molecule is CO[C@@H]1[C@@H]2OC(C)(C)O[C@@H]2O[C@H]1/C=N/NS(=O)(=O)c1ccc(C)cc1. The zero-order valence-corrected chi connectivity index (χ0v) is 15.3. The van der Waals surface area contributed by atoms with Gasteiger partial charge < -0.3 is 18.9 Å². The molecule has 9 heteroatoms. The van der Waals surface area contributed by atoms with Crippen molar-refractivity contribution in [3.63, 3.8) is 0 Å². The van der Waals surface area contributed by atoms with E-state index in [2.05, 4.69) is 9.93 Å². The molecule has 1 N–H and O–H groups in total. The van der Waals surface area contributed by atoms with E-state index in [1.54, 1.807) is 26.0 Å². The summed E-state index contributed by atoms with van der Waals surface area (Å²) in [5.41, 5.74) is 0.971. The van der Waals surface area contributed by atoms with E-state index in [1.165, 1.54) is 25.5 Å². The molecule has 2 aliphatic heterocycles. The van der Waals surface area contributed by atoms with E-state index in [4.69, 9.17) is 18.9 Å². The van der Waals surface area contributed by atoms with Gasteiger partial charge in [0.25, 0.3) is 10.0 Å². The number of hydrazone groups is 1. The average Bonchev–Trinajstić information content (AvgIpc) is 2.98. The van der Waals surface area contributed by atoms with Crippen molar-refractivity contribution in [1.82, 2.24) is 4.83 Å². The van der Waals surface area contributed by atoms with E-state index in [9.17, 15) is 8.42 Å². The number of rotatable bonds is 5. The van der Waals surface area contributed by atoms with E-state index in [-0.39, 0.29) is 4.90 Å². The van der Waals surface area contributed by atoms with Crippen molar-refractivity contribution < 1.29 is 27.4 Å². The molecule has 0 bridgehead atoms. The van der Waals surface area contributed by atoms with Gasteiger partial charge in [-0.1, -0.05) is 17.7 Å². The molecule has 4 atom stereocenters. The summed E-state index contributed by atoms with van der Waals surface area (Å²) in [6.07, 6.45) is -0.663. The lowest BCUT2D eigenvalue weighted by Crippen LogP contribution is -2.37. The molecule has 0 saturated carbocycles. The number of hydrogen-bond acceptors (Lipinski definition) is 7. The molecule has 0 radical (unpaired) electrons. The van der Waals surface area contributed by atoms with Crippen LogP contribution in [0.25, 0.3) is 0 Å². The zero-order chi connectivity index (χ0) is 18.2. The first-order valence-electron chi connectivity index (χ1n) is 7.87. The van der Waals surface area contributed by atoms with Crippen molar-refractivity contribution in [1.29, 1.82) is 0 Å². The van der Waals surface area contributed by atoms with Gasteiger partial charge in [-0.3, -0.25) is 0 Å². The Hall–Kier alpha value is -1.52. The second-order valence-electron chi connectivity index (χ2n) is 6.46. The van der Waals surface area contributed by atoms with Gasteiger partial charge in [-0.25, -0.2) is 4.83 Å². The highest BCUT2D eigenvalue weighted by molar-refractivity contribution is 7.89. The highest BCUT2D eigenvalue weighted by Gasteiger charge is 2.54. The Kier molecular flexibility index (Phi) is 4.86. The number of aryl methyl sites for hydroxylation is 1. The molecular formula is C16H22N2O6S. The molecule has 0 aromatic heterocycles. The van der Waals surface area contributed by atoms with E-state index >= 15 is 0 Å². The van der Waals surface area contributed by atoms with Crippen molar-refractivity contribution in [3.8, 4) is 0 Å². The monoisotopic (exact) mass is 370 g/mol. The molecule has 2 saturated heterocycles. The number of fused-ring (bicyclic) bond motifs is 1. The third-order valence-electron chi connectivity index (χ3n) is 4.02. The maximum absolute atomic E-state index is 12.2. The Labute approximate surface area is 147 Å². The number of nitrogens with one attached hydrogen (secondary N) is 1. The first-order valence-corrected chi connectivity index (χ1v) is 9.36. The van der Waals surface area contributed by atoms with Crippen LogP contribution in [0.1, 0.15) is 19.4 Å². The summed E-state index contributed by atoms with van der Waals surface area (Å²) >= 11 is 0. The number of benzene rings is 1.